The summed E-state index contributed by atoms with van der Waals surface area (Å²) in [6, 6.07) is 0. The van der Waals surface area contributed by atoms with Crippen molar-refractivity contribution in [2.24, 2.45) is 0 Å². The van der Waals surface area contributed by atoms with E-state index in [0.717, 1.165) is 6.54 Å². The zero-order valence-corrected chi connectivity index (χ0v) is 14.6. The van der Waals surface area contributed by atoms with Crippen molar-refractivity contribution in [2.45, 2.75) is 85.0 Å². The maximum absolute atomic E-state index is 3.93. The highest BCUT2D eigenvalue weighted by atomic mass is 15.3. The Hall–Kier alpha value is -0.300. The SMILES string of the molecule is C=CC[N+](CC)(CC)CCCCCCCCCCCC. The van der Waals surface area contributed by atoms with E-state index in [-0.39, 0.29) is 0 Å². The molecule has 0 unspecified atom stereocenters. The van der Waals surface area contributed by atoms with Gasteiger partial charge in [0, 0.05) is 0 Å². The molecule has 0 heterocycles. The normalized spacial score (nSPS) is 11.8. The van der Waals surface area contributed by atoms with Crippen LogP contribution in [-0.2, 0) is 0 Å². The fourth-order valence-electron chi connectivity index (χ4n) is 3.10. The van der Waals surface area contributed by atoms with Crippen molar-refractivity contribution in [1.29, 1.82) is 0 Å². The van der Waals surface area contributed by atoms with Crippen LogP contribution in [0.3, 0.4) is 0 Å². The molecule has 0 saturated heterocycles. The first-order valence-corrected chi connectivity index (χ1v) is 9.20. The van der Waals surface area contributed by atoms with Crippen molar-refractivity contribution in [2.75, 3.05) is 26.2 Å². The maximum atomic E-state index is 3.93. The molecule has 0 N–H and O–H groups in total. The van der Waals surface area contributed by atoms with Gasteiger partial charge in [-0.25, -0.2) is 0 Å². The van der Waals surface area contributed by atoms with E-state index in [1.54, 1.807) is 0 Å². The molecule has 0 fully saturated rings. The average Bonchev–Trinajstić information content (AvgIpc) is 2.48. The molecule has 20 heavy (non-hydrogen) atoms. The number of rotatable bonds is 15. The first kappa shape index (κ1) is 19.7. The van der Waals surface area contributed by atoms with Crippen LogP contribution >= 0.6 is 0 Å². The monoisotopic (exact) mass is 282 g/mol. The zero-order chi connectivity index (χ0) is 15.1. The van der Waals surface area contributed by atoms with Crippen molar-refractivity contribution < 1.29 is 4.48 Å². The third kappa shape index (κ3) is 9.58. The third-order valence-electron chi connectivity index (χ3n) is 4.84. The fraction of sp³-hybridized carbons (Fsp3) is 0.895. The van der Waals surface area contributed by atoms with Crippen LogP contribution in [0.15, 0.2) is 12.7 Å². The second-order valence-corrected chi connectivity index (χ2v) is 6.35. The number of quaternary nitrogens is 1. The van der Waals surface area contributed by atoms with E-state index in [4.69, 9.17) is 0 Å². The molecule has 0 aromatic rings. The van der Waals surface area contributed by atoms with Gasteiger partial charge in [-0.1, -0.05) is 64.9 Å². The lowest BCUT2D eigenvalue weighted by Gasteiger charge is -2.36. The second-order valence-electron chi connectivity index (χ2n) is 6.35. The summed E-state index contributed by atoms with van der Waals surface area (Å²) in [6.45, 7) is 15.8. The molecule has 120 valence electrons. The number of hydrogen-bond donors (Lipinski definition) is 0. The van der Waals surface area contributed by atoms with E-state index >= 15 is 0 Å². The summed E-state index contributed by atoms with van der Waals surface area (Å²) < 4.78 is 1.24. The van der Waals surface area contributed by atoms with E-state index < -0.39 is 0 Å². The Labute approximate surface area is 129 Å². The summed E-state index contributed by atoms with van der Waals surface area (Å²) in [6.07, 6.45) is 16.4. The largest absolute Gasteiger partial charge is 0.321 e. The van der Waals surface area contributed by atoms with Crippen LogP contribution in [0.1, 0.15) is 85.0 Å². The van der Waals surface area contributed by atoms with Crippen LogP contribution in [0.5, 0.6) is 0 Å². The molecule has 0 radical (unpaired) electrons. The molecule has 0 spiro atoms. The van der Waals surface area contributed by atoms with Crippen molar-refractivity contribution in [3.63, 3.8) is 0 Å². The molecule has 1 heteroatoms. The zero-order valence-electron chi connectivity index (χ0n) is 14.6. The number of unbranched alkanes of at least 4 members (excludes halogenated alkanes) is 9. The van der Waals surface area contributed by atoms with Crippen LogP contribution in [0.4, 0.5) is 0 Å². The molecule has 0 saturated carbocycles. The maximum Gasteiger partial charge on any atom is 0.0970 e. The lowest BCUT2D eigenvalue weighted by atomic mass is 10.1. The molecule has 0 aliphatic heterocycles. The highest BCUT2D eigenvalue weighted by Gasteiger charge is 2.20. The molecular formula is C19H40N+. The molecule has 1 nitrogen and oxygen atoms in total. The van der Waals surface area contributed by atoms with Gasteiger partial charge in [-0.3, -0.25) is 0 Å². The second kappa shape index (κ2) is 13.7. The van der Waals surface area contributed by atoms with Crippen LogP contribution in [0, 0.1) is 0 Å². The summed E-state index contributed by atoms with van der Waals surface area (Å²) in [4.78, 5) is 0. The van der Waals surface area contributed by atoms with Gasteiger partial charge in [0.2, 0.25) is 0 Å². The summed E-state index contributed by atoms with van der Waals surface area (Å²) in [5.74, 6) is 0. The van der Waals surface area contributed by atoms with Gasteiger partial charge >= 0.3 is 0 Å². The van der Waals surface area contributed by atoms with Gasteiger partial charge in [0.25, 0.3) is 0 Å². The topological polar surface area (TPSA) is 0 Å². The number of hydrogen-bond acceptors (Lipinski definition) is 0. The molecule has 0 aliphatic carbocycles. The van der Waals surface area contributed by atoms with Crippen molar-refractivity contribution >= 4 is 0 Å². The summed E-state index contributed by atoms with van der Waals surface area (Å²) >= 11 is 0. The van der Waals surface area contributed by atoms with Gasteiger partial charge in [0.15, 0.2) is 0 Å². The highest BCUT2D eigenvalue weighted by molar-refractivity contribution is 4.65. The van der Waals surface area contributed by atoms with Gasteiger partial charge in [-0.05, 0) is 32.8 Å². The van der Waals surface area contributed by atoms with E-state index in [1.807, 2.05) is 0 Å². The Kier molecular flexibility index (Phi) is 13.5. The standard InChI is InChI=1S/C19H40N/c1-5-9-10-11-12-13-14-15-16-17-19-20(7-3,8-4)18-6-2/h6H,2,5,7-19H2,1,3-4H3/q+1. The minimum Gasteiger partial charge on any atom is -0.321 e. The van der Waals surface area contributed by atoms with Gasteiger partial charge in [-0.2, -0.15) is 0 Å². The quantitative estimate of drug-likeness (QED) is 0.198. The van der Waals surface area contributed by atoms with Gasteiger partial charge < -0.3 is 4.48 Å². The smallest absolute Gasteiger partial charge is 0.0970 e. The van der Waals surface area contributed by atoms with Crippen LogP contribution in [-0.4, -0.2) is 30.7 Å². The average molecular weight is 283 g/mol. The van der Waals surface area contributed by atoms with Crippen molar-refractivity contribution in [1.82, 2.24) is 0 Å². The lowest BCUT2D eigenvalue weighted by molar-refractivity contribution is -0.919. The van der Waals surface area contributed by atoms with Crippen LogP contribution in [0.2, 0.25) is 0 Å². The van der Waals surface area contributed by atoms with Crippen LogP contribution < -0.4 is 0 Å². The third-order valence-corrected chi connectivity index (χ3v) is 4.84. The predicted octanol–water partition coefficient (Wildman–Crippen LogP) is 5.95. The number of likely N-dealkylation sites (N-methyl/N-ethyl adjacent to an activating group) is 1. The Morgan fingerprint density at radius 2 is 1.15 bits per heavy atom. The van der Waals surface area contributed by atoms with Gasteiger partial charge in [0.05, 0.1) is 26.2 Å². The molecule has 0 rings (SSSR count). The minimum atomic E-state index is 1.14. The fourth-order valence-corrected chi connectivity index (χ4v) is 3.10. The van der Waals surface area contributed by atoms with Crippen LogP contribution in [0.25, 0.3) is 0 Å². The molecule has 0 amide bonds. The highest BCUT2D eigenvalue weighted by Crippen LogP contribution is 2.13. The summed E-state index contributed by atoms with van der Waals surface area (Å²) in [7, 11) is 0. The minimum absolute atomic E-state index is 1.14. The van der Waals surface area contributed by atoms with Crippen molar-refractivity contribution in [3.8, 4) is 0 Å². The van der Waals surface area contributed by atoms with E-state index in [9.17, 15) is 0 Å². The van der Waals surface area contributed by atoms with Gasteiger partial charge in [-0.15, -0.1) is 0 Å². The lowest BCUT2D eigenvalue weighted by Crippen LogP contribution is -2.48. The van der Waals surface area contributed by atoms with E-state index in [0.29, 0.717) is 0 Å². The molecule has 0 aromatic heterocycles. The summed E-state index contributed by atoms with van der Waals surface area (Å²) in [5, 5.41) is 0. The predicted molar refractivity (Wildman–Crippen MR) is 93.1 cm³/mol. The Balaban J connectivity index is 3.48. The Morgan fingerprint density at radius 3 is 1.55 bits per heavy atom. The number of nitrogens with zero attached hydrogens (tertiary/aromatic N) is 1. The Morgan fingerprint density at radius 1 is 0.700 bits per heavy atom. The first-order valence-electron chi connectivity index (χ1n) is 9.20. The molecule has 0 aromatic carbocycles. The van der Waals surface area contributed by atoms with Gasteiger partial charge in [0.1, 0.15) is 0 Å². The van der Waals surface area contributed by atoms with Crippen molar-refractivity contribution in [3.05, 3.63) is 12.7 Å². The molecular weight excluding hydrogens is 242 g/mol. The summed E-state index contributed by atoms with van der Waals surface area (Å²) in [5.41, 5.74) is 0. The molecule has 0 atom stereocenters. The Bertz CT molecular complexity index is 206. The van der Waals surface area contributed by atoms with E-state index in [2.05, 4.69) is 33.4 Å². The first-order chi connectivity index (χ1) is 9.74. The molecule has 0 aliphatic rings. The van der Waals surface area contributed by atoms with E-state index in [1.165, 1.54) is 88.3 Å². The molecule has 0 bridgehead atoms.